The van der Waals surface area contributed by atoms with Crippen LogP contribution in [-0.4, -0.2) is 113 Å². The van der Waals surface area contributed by atoms with Crippen molar-refractivity contribution in [2.24, 2.45) is 17.8 Å². The van der Waals surface area contributed by atoms with Gasteiger partial charge >= 0.3 is 12.3 Å². The van der Waals surface area contributed by atoms with E-state index in [0.717, 1.165) is 4.90 Å². The molecule has 1 saturated heterocycles. The molecular weight excluding hydrogens is 812 g/mol. The number of nitrogens with zero attached hydrogens (tertiary/aromatic N) is 3. The van der Waals surface area contributed by atoms with E-state index < -0.39 is 86.4 Å². The zero-order chi connectivity index (χ0) is 43.9. The second kappa shape index (κ2) is 16.9. The van der Waals surface area contributed by atoms with E-state index >= 15 is 4.79 Å². The van der Waals surface area contributed by atoms with Gasteiger partial charge in [-0.05, 0) is 89.3 Å². The van der Waals surface area contributed by atoms with Crippen molar-refractivity contribution in [2.75, 3.05) is 20.3 Å². The minimum atomic E-state index is -5.10. The van der Waals surface area contributed by atoms with Crippen molar-refractivity contribution in [3.8, 4) is 17.4 Å². The van der Waals surface area contributed by atoms with Gasteiger partial charge in [-0.3, -0.25) is 24.0 Å². The Hall–Kier alpha value is -4.81. The van der Waals surface area contributed by atoms with Crippen LogP contribution in [0.5, 0.6) is 17.4 Å². The molecule has 6 rings (SSSR count). The highest BCUT2D eigenvalue weighted by molar-refractivity contribution is 7.91. The predicted octanol–water partition coefficient (Wildman–Crippen LogP) is 5.57. The Balaban J connectivity index is 1.45. The molecule has 0 bridgehead atoms. The minimum absolute atomic E-state index is 0.0516. The molecule has 3 heterocycles. The number of carbonyl (C=O) groups is 4. The van der Waals surface area contributed by atoms with Crippen molar-refractivity contribution in [3.05, 3.63) is 36.5 Å². The van der Waals surface area contributed by atoms with Gasteiger partial charge in [0, 0.05) is 23.1 Å². The number of benzene rings is 1. The summed E-state index contributed by atoms with van der Waals surface area (Å²) in [5, 5.41) is 13.6. The number of carboxylic acid groups (broad SMARTS) is 1. The van der Waals surface area contributed by atoms with Crippen molar-refractivity contribution < 1.29 is 60.1 Å². The monoisotopic (exact) mass is 865 g/mol. The highest BCUT2D eigenvalue weighted by Crippen LogP contribution is 2.47. The van der Waals surface area contributed by atoms with E-state index in [-0.39, 0.29) is 48.9 Å². The first-order valence-corrected chi connectivity index (χ1v) is 21.9. The molecule has 60 heavy (non-hydrogen) atoms. The number of carbonyl (C=O) groups excluding carboxylic acids is 3. The number of ether oxygens (including phenoxy) is 3. The van der Waals surface area contributed by atoms with Crippen LogP contribution in [0.1, 0.15) is 86.0 Å². The summed E-state index contributed by atoms with van der Waals surface area (Å²) in [6.07, 6.45) is -1.21. The molecule has 19 heteroatoms. The number of hydrogen-bond donors (Lipinski definition) is 3. The van der Waals surface area contributed by atoms with E-state index in [9.17, 15) is 41.1 Å². The molecule has 2 aliphatic carbocycles. The highest BCUT2D eigenvalue weighted by Gasteiger charge is 2.63. The number of halogens is 3. The maximum absolute atomic E-state index is 15.2. The van der Waals surface area contributed by atoms with Crippen molar-refractivity contribution in [3.63, 3.8) is 0 Å². The molecule has 1 aromatic carbocycles. The number of nitrogens with one attached hydrogen (secondary N) is 2. The molecule has 7 atom stereocenters. The molecule has 0 spiro atoms. The second-order valence-corrected chi connectivity index (χ2v) is 18.8. The predicted molar refractivity (Wildman–Crippen MR) is 213 cm³/mol. The maximum atomic E-state index is 15.2. The van der Waals surface area contributed by atoms with Crippen LogP contribution in [0.25, 0.3) is 10.8 Å². The summed E-state index contributed by atoms with van der Waals surface area (Å²) in [4.78, 5) is 62.4. The van der Waals surface area contributed by atoms with Crippen molar-refractivity contribution >= 4 is 44.6 Å². The Bertz CT molecular complexity index is 2130. The standard InChI is InChI=1S/C41H54F3N5O10S/c1-7-24-17-23(3)11-9-10-12-25-20-40(25,37(52)47-60(55,56)28-14-15-28)46-34(50)31-19-27(22-48(31)36(51)33(24)49(38(53)54)39(4,5)41(42,43)44)59-35-29-16-13-26(57-6)18-30(29)32(21-45-35)58-8-2/h10,12-13,16,18,21,23-25,27-28,31,33H,7-9,11,14-15,17,19-20,22H2,1-6H3,(H,46,50)(H,47,52)(H,53,54)/b12-10-/t23-,24-,25-,27-,31+,33+,40-/m1/s1. The minimum Gasteiger partial charge on any atom is -0.497 e. The fourth-order valence-electron chi connectivity index (χ4n) is 8.49. The van der Waals surface area contributed by atoms with Crippen LogP contribution in [0, 0.1) is 17.8 Å². The molecule has 1 aromatic heterocycles. The van der Waals surface area contributed by atoms with E-state index in [1.165, 1.54) is 13.3 Å². The fraction of sp³-hybridized carbons (Fsp3) is 0.634. The number of allylic oxidation sites excluding steroid dienone is 1. The molecule has 15 nitrogen and oxygen atoms in total. The third-order valence-corrected chi connectivity index (χ3v) is 14.1. The molecule has 2 aromatic rings. The number of sulfonamides is 1. The summed E-state index contributed by atoms with van der Waals surface area (Å²) >= 11 is 0. The van der Waals surface area contributed by atoms with E-state index in [1.807, 2.05) is 13.0 Å². The second-order valence-electron chi connectivity index (χ2n) is 16.9. The van der Waals surface area contributed by atoms with Gasteiger partial charge in [0.25, 0.3) is 5.91 Å². The van der Waals surface area contributed by atoms with Crippen LogP contribution >= 0.6 is 0 Å². The van der Waals surface area contributed by atoms with E-state index in [2.05, 4.69) is 15.0 Å². The van der Waals surface area contributed by atoms with Crippen LogP contribution in [-0.2, 0) is 24.4 Å². The first kappa shape index (κ1) is 44.7. The van der Waals surface area contributed by atoms with Crippen LogP contribution in [0.3, 0.4) is 0 Å². The summed E-state index contributed by atoms with van der Waals surface area (Å²) in [6.45, 7) is 6.70. The zero-order valence-corrected chi connectivity index (χ0v) is 35.4. The van der Waals surface area contributed by atoms with Gasteiger partial charge in [0.05, 0.1) is 31.7 Å². The summed E-state index contributed by atoms with van der Waals surface area (Å²) in [6, 6.07) is 1.71. The maximum Gasteiger partial charge on any atom is 0.411 e. The third kappa shape index (κ3) is 8.82. The summed E-state index contributed by atoms with van der Waals surface area (Å²) < 4.78 is 90.1. The van der Waals surface area contributed by atoms with Crippen LogP contribution in [0.15, 0.2) is 36.5 Å². The topological polar surface area (TPSA) is 194 Å². The SMILES string of the molecule is CCOc1cnc(O[C@@H]2C[C@H]3C(=O)N[C@]4(C(=O)NS(=O)(=O)C5CC5)C[C@H]4/C=C\CC[C@@H](C)C[C@@H](CC)[C@H](N(C(=O)O)C(C)(C)C(F)(F)F)C(=O)N3C2)c2ccc(OC)cc12. The number of amides is 4. The number of methoxy groups -OCH3 is 1. The van der Waals surface area contributed by atoms with Gasteiger partial charge in [-0.25, -0.2) is 18.2 Å². The number of hydrogen-bond acceptors (Lipinski definition) is 10. The largest absolute Gasteiger partial charge is 0.497 e. The van der Waals surface area contributed by atoms with Gasteiger partial charge in [0.1, 0.15) is 40.8 Å². The first-order chi connectivity index (χ1) is 28.2. The molecule has 2 aliphatic heterocycles. The lowest BCUT2D eigenvalue weighted by atomic mass is 9.82. The highest BCUT2D eigenvalue weighted by atomic mass is 32.2. The lowest BCUT2D eigenvalue weighted by Crippen LogP contribution is -2.66. The number of alkyl halides is 3. The molecule has 0 unspecified atom stereocenters. The first-order valence-electron chi connectivity index (χ1n) is 20.4. The Morgan fingerprint density at radius 2 is 1.83 bits per heavy atom. The van der Waals surface area contributed by atoms with Gasteiger partial charge in [0.2, 0.25) is 27.7 Å². The summed E-state index contributed by atoms with van der Waals surface area (Å²) in [7, 11) is -2.53. The molecule has 0 radical (unpaired) electrons. The van der Waals surface area contributed by atoms with Crippen molar-refractivity contribution in [1.29, 1.82) is 0 Å². The summed E-state index contributed by atoms with van der Waals surface area (Å²) in [5.74, 6) is -3.53. The zero-order valence-electron chi connectivity index (χ0n) is 34.6. The fourth-order valence-corrected chi connectivity index (χ4v) is 9.86. The van der Waals surface area contributed by atoms with Crippen LogP contribution < -0.4 is 24.2 Å². The van der Waals surface area contributed by atoms with Gasteiger partial charge in [-0.15, -0.1) is 0 Å². The van der Waals surface area contributed by atoms with E-state index in [1.54, 1.807) is 38.1 Å². The molecule has 3 N–H and O–H groups in total. The van der Waals surface area contributed by atoms with Gasteiger partial charge in [-0.2, -0.15) is 13.2 Å². The molecule has 2 saturated carbocycles. The number of aromatic nitrogens is 1. The number of pyridine rings is 1. The Kier molecular flexibility index (Phi) is 12.6. The lowest BCUT2D eigenvalue weighted by molar-refractivity contribution is -0.222. The smallest absolute Gasteiger partial charge is 0.411 e. The number of fused-ring (bicyclic) bond motifs is 3. The van der Waals surface area contributed by atoms with Crippen molar-refractivity contribution in [2.45, 2.75) is 127 Å². The summed E-state index contributed by atoms with van der Waals surface area (Å²) in [5.41, 5.74) is -4.75. The molecule has 330 valence electrons. The van der Waals surface area contributed by atoms with E-state index in [0.29, 0.717) is 68.4 Å². The van der Waals surface area contributed by atoms with Gasteiger partial charge in [-0.1, -0.05) is 32.4 Å². The lowest BCUT2D eigenvalue weighted by Gasteiger charge is -2.46. The quantitative estimate of drug-likeness (QED) is 0.239. The average Bonchev–Trinajstić information content (AvgIpc) is 4.11. The van der Waals surface area contributed by atoms with Crippen LogP contribution in [0.2, 0.25) is 0 Å². The van der Waals surface area contributed by atoms with E-state index in [4.69, 9.17) is 14.2 Å². The Morgan fingerprint density at radius 3 is 2.45 bits per heavy atom. The van der Waals surface area contributed by atoms with Crippen LogP contribution in [0.4, 0.5) is 18.0 Å². The Labute approximate surface area is 347 Å². The molecular formula is C41H54F3N5O10S. The molecule has 4 amide bonds. The normalized spacial score (nSPS) is 28.3. The molecule has 3 fully saturated rings. The van der Waals surface area contributed by atoms with Gasteiger partial charge in [0.15, 0.2) is 0 Å². The Morgan fingerprint density at radius 1 is 1.12 bits per heavy atom. The van der Waals surface area contributed by atoms with Gasteiger partial charge < -0.3 is 29.5 Å². The van der Waals surface area contributed by atoms with Crippen molar-refractivity contribution in [1.82, 2.24) is 24.8 Å². The molecule has 4 aliphatic rings. The number of rotatable bonds is 11. The third-order valence-electron chi connectivity index (χ3n) is 12.3. The average molecular weight is 866 g/mol.